The number of hydrogen-bond acceptors (Lipinski definition) is 2. The van der Waals surface area contributed by atoms with Crippen molar-refractivity contribution in [2.45, 2.75) is 38.6 Å². The number of nitrogens with one attached hydrogen (secondary N) is 1. The summed E-state index contributed by atoms with van der Waals surface area (Å²) in [5.41, 5.74) is 0. The molecule has 15 heavy (non-hydrogen) atoms. The highest BCUT2D eigenvalue weighted by molar-refractivity contribution is 5.79. The van der Waals surface area contributed by atoms with Gasteiger partial charge < -0.3 is 10.2 Å². The molecule has 1 saturated heterocycles. The molecule has 0 aromatic carbocycles. The fraction of sp³-hybridized carbons (Fsp3) is 0.917. The van der Waals surface area contributed by atoms with E-state index in [0.29, 0.717) is 17.9 Å². The van der Waals surface area contributed by atoms with E-state index in [4.69, 9.17) is 0 Å². The van der Waals surface area contributed by atoms with Gasteiger partial charge in [-0.3, -0.25) is 4.79 Å². The molecule has 1 atom stereocenters. The first-order valence-corrected chi connectivity index (χ1v) is 6.17. The summed E-state index contributed by atoms with van der Waals surface area (Å²) in [6, 6.07) is 0.472. The van der Waals surface area contributed by atoms with Crippen LogP contribution in [0.25, 0.3) is 0 Å². The standard InChI is InChI=1S/C12H22N2O/c1-9(10-3-4-10)12(15)14(2)11-5-7-13-8-6-11/h9-11,13H,3-8H2,1-2H3. The van der Waals surface area contributed by atoms with Crippen molar-refractivity contribution in [3.8, 4) is 0 Å². The minimum absolute atomic E-state index is 0.255. The van der Waals surface area contributed by atoms with E-state index < -0.39 is 0 Å². The van der Waals surface area contributed by atoms with Gasteiger partial charge in [0.1, 0.15) is 0 Å². The first-order valence-electron chi connectivity index (χ1n) is 6.17. The molecule has 86 valence electrons. The van der Waals surface area contributed by atoms with Crippen LogP contribution in [0.4, 0.5) is 0 Å². The summed E-state index contributed by atoms with van der Waals surface area (Å²) in [5.74, 6) is 1.30. The van der Waals surface area contributed by atoms with E-state index >= 15 is 0 Å². The van der Waals surface area contributed by atoms with E-state index in [-0.39, 0.29) is 5.92 Å². The van der Waals surface area contributed by atoms with Gasteiger partial charge in [0.05, 0.1) is 0 Å². The summed E-state index contributed by atoms with van der Waals surface area (Å²) < 4.78 is 0. The van der Waals surface area contributed by atoms with Crippen LogP contribution in [0.3, 0.4) is 0 Å². The zero-order chi connectivity index (χ0) is 10.8. The predicted molar refractivity (Wildman–Crippen MR) is 60.5 cm³/mol. The Balaban J connectivity index is 1.87. The highest BCUT2D eigenvalue weighted by atomic mass is 16.2. The number of carbonyl (C=O) groups excluding carboxylic acids is 1. The fourth-order valence-corrected chi connectivity index (χ4v) is 2.49. The Morgan fingerprint density at radius 3 is 2.40 bits per heavy atom. The highest BCUT2D eigenvalue weighted by Gasteiger charge is 2.35. The number of rotatable bonds is 3. The van der Waals surface area contributed by atoms with Gasteiger partial charge in [-0.25, -0.2) is 0 Å². The maximum atomic E-state index is 12.1. The van der Waals surface area contributed by atoms with Gasteiger partial charge in [-0.05, 0) is 44.7 Å². The van der Waals surface area contributed by atoms with Crippen LogP contribution >= 0.6 is 0 Å². The van der Waals surface area contributed by atoms with Gasteiger partial charge in [-0.1, -0.05) is 6.92 Å². The van der Waals surface area contributed by atoms with Gasteiger partial charge in [-0.2, -0.15) is 0 Å². The van der Waals surface area contributed by atoms with E-state index in [9.17, 15) is 4.79 Å². The average Bonchev–Trinajstić information content (AvgIpc) is 3.11. The quantitative estimate of drug-likeness (QED) is 0.760. The Bertz CT molecular complexity index is 232. The third-order valence-corrected chi connectivity index (χ3v) is 3.92. The van der Waals surface area contributed by atoms with E-state index in [1.807, 2.05) is 11.9 Å². The van der Waals surface area contributed by atoms with E-state index in [2.05, 4.69) is 12.2 Å². The molecule has 1 aliphatic heterocycles. The first kappa shape index (κ1) is 10.9. The number of nitrogens with zero attached hydrogens (tertiary/aromatic N) is 1. The van der Waals surface area contributed by atoms with Crippen LogP contribution in [0, 0.1) is 11.8 Å². The molecule has 3 heteroatoms. The van der Waals surface area contributed by atoms with Crippen molar-refractivity contribution in [3.63, 3.8) is 0 Å². The van der Waals surface area contributed by atoms with E-state index in [1.54, 1.807) is 0 Å². The van der Waals surface area contributed by atoms with Crippen LogP contribution in [-0.2, 0) is 4.79 Å². The topological polar surface area (TPSA) is 32.3 Å². The third-order valence-electron chi connectivity index (χ3n) is 3.92. The molecule has 1 heterocycles. The van der Waals surface area contributed by atoms with Gasteiger partial charge in [0.15, 0.2) is 0 Å². The summed E-state index contributed by atoms with van der Waals surface area (Å²) in [5, 5.41) is 3.33. The Morgan fingerprint density at radius 1 is 1.27 bits per heavy atom. The van der Waals surface area contributed by atoms with Crippen LogP contribution < -0.4 is 5.32 Å². The monoisotopic (exact) mass is 210 g/mol. The second kappa shape index (κ2) is 4.52. The molecular weight excluding hydrogens is 188 g/mol. The molecule has 3 nitrogen and oxygen atoms in total. The smallest absolute Gasteiger partial charge is 0.225 e. The summed E-state index contributed by atoms with van der Waals surface area (Å²) >= 11 is 0. The molecule has 0 spiro atoms. The third kappa shape index (κ3) is 2.51. The summed E-state index contributed by atoms with van der Waals surface area (Å²) in [7, 11) is 1.98. The number of amides is 1. The van der Waals surface area contributed by atoms with Crippen LogP contribution in [0.1, 0.15) is 32.6 Å². The predicted octanol–water partition coefficient (Wildman–Crippen LogP) is 1.24. The maximum Gasteiger partial charge on any atom is 0.225 e. The van der Waals surface area contributed by atoms with Crippen molar-refractivity contribution in [3.05, 3.63) is 0 Å². The van der Waals surface area contributed by atoms with Gasteiger partial charge in [0, 0.05) is 19.0 Å². The van der Waals surface area contributed by atoms with E-state index in [1.165, 1.54) is 12.8 Å². The first-order chi connectivity index (χ1) is 7.20. The zero-order valence-electron chi connectivity index (χ0n) is 9.83. The molecule has 0 radical (unpaired) electrons. The molecule has 1 amide bonds. The van der Waals surface area contributed by atoms with Crippen LogP contribution in [0.15, 0.2) is 0 Å². The van der Waals surface area contributed by atoms with E-state index in [0.717, 1.165) is 25.9 Å². The molecule has 1 unspecified atom stereocenters. The molecule has 0 bridgehead atoms. The lowest BCUT2D eigenvalue weighted by Gasteiger charge is -2.33. The number of carbonyl (C=O) groups is 1. The van der Waals surface area contributed by atoms with Crippen molar-refractivity contribution in [1.29, 1.82) is 0 Å². The van der Waals surface area contributed by atoms with Crippen molar-refractivity contribution in [1.82, 2.24) is 10.2 Å². The van der Waals surface area contributed by atoms with Crippen molar-refractivity contribution in [2.75, 3.05) is 20.1 Å². The molecule has 1 N–H and O–H groups in total. The fourth-order valence-electron chi connectivity index (χ4n) is 2.49. The zero-order valence-corrected chi connectivity index (χ0v) is 9.83. The van der Waals surface area contributed by atoms with Crippen molar-refractivity contribution in [2.24, 2.45) is 11.8 Å². The number of piperidine rings is 1. The molecule has 2 rings (SSSR count). The molecule has 0 aromatic heterocycles. The Kier molecular flexibility index (Phi) is 3.29. The molecular formula is C12H22N2O. The van der Waals surface area contributed by atoms with Crippen LogP contribution in [0.2, 0.25) is 0 Å². The maximum absolute atomic E-state index is 12.1. The number of hydrogen-bond donors (Lipinski definition) is 1. The van der Waals surface area contributed by atoms with Gasteiger partial charge in [-0.15, -0.1) is 0 Å². The van der Waals surface area contributed by atoms with Crippen LogP contribution in [0.5, 0.6) is 0 Å². The highest BCUT2D eigenvalue weighted by Crippen LogP contribution is 2.37. The molecule has 1 aliphatic carbocycles. The Hall–Kier alpha value is -0.570. The lowest BCUT2D eigenvalue weighted by Crippen LogP contribution is -2.45. The molecule has 1 saturated carbocycles. The summed E-state index contributed by atoms with van der Waals surface area (Å²) in [6.07, 6.45) is 4.74. The lowest BCUT2D eigenvalue weighted by atomic mass is 10.0. The second-order valence-electron chi connectivity index (χ2n) is 5.06. The van der Waals surface area contributed by atoms with Crippen molar-refractivity contribution >= 4 is 5.91 Å². The Morgan fingerprint density at radius 2 is 1.87 bits per heavy atom. The van der Waals surface area contributed by atoms with Gasteiger partial charge >= 0.3 is 0 Å². The second-order valence-corrected chi connectivity index (χ2v) is 5.06. The molecule has 2 fully saturated rings. The van der Waals surface area contributed by atoms with Crippen molar-refractivity contribution < 1.29 is 4.79 Å². The van der Waals surface area contributed by atoms with Gasteiger partial charge in [0.25, 0.3) is 0 Å². The summed E-state index contributed by atoms with van der Waals surface area (Å²) in [4.78, 5) is 14.1. The molecule has 2 aliphatic rings. The normalized spacial score (nSPS) is 24.9. The Labute approximate surface area is 92.2 Å². The average molecular weight is 210 g/mol. The largest absolute Gasteiger partial charge is 0.342 e. The SMILES string of the molecule is CC(C(=O)N(C)C1CCNCC1)C1CC1. The minimum Gasteiger partial charge on any atom is -0.342 e. The van der Waals surface area contributed by atoms with Crippen LogP contribution in [-0.4, -0.2) is 37.0 Å². The minimum atomic E-state index is 0.255. The lowest BCUT2D eigenvalue weighted by molar-refractivity contribution is -0.136. The van der Waals surface area contributed by atoms with Gasteiger partial charge in [0.2, 0.25) is 5.91 Å². The molecule has 0 aromatic rings. The summed E-state index contributed by atoms with van der Waals surface area (Å²) in [6.45, 7) is 4.21.